The monoisotopic (exact) mass is 236 g/mol. The van der Waals surface area contributed by atoms with Gasteiger partial charge < -0.3 is 9.84 Å². The number of allylic oxidation sites excluding steroid dienone is 1. The summed E-state index contributed by atoms with van der Waals surface area (Å²) < 4.78 is 5.82. The third kappa shape index (κ3) is 1.22. The second-order valence-electron chi connectivity index (χ2n) is 6.01. The molecular weight excluding hydrogens is 216 g/mol. The Hall–Kier alpha value is -0.670. The highest BCUT2D eigenvalue weighted by molar-refractivity contribution is 5.95. The van der Waals surface area contributed by atoms with Crippen LogP contribution < -0.4 is 0 Å². The zero-order chi connectivity index (χ0) is 12.3. The summed E-state index contributed by atoms with van der Waals surface area (Å²) >= 11 is 0. The Kier molecular flexibility index (Phi) is 2.30. The first-order valence-corrected chi connectivity index (χ1v) is 6.53. The Bertz CT molecular complexity index is 400. The van der Waals surface area contributed by atoms with Crippen molar-refractivity contribution in [2.24, 2.45) is 11.3 Å². The fourth-order valence-corrected chi connectivity index (χ4v) is 4.43. The summed E-state index contributed by atoms with van der Waals surface area (Å²) in [7, 11) is 1.72. The van der Waals surface area contributed by atoms with Gasteiger partial charge in [-0.3, -0.25) is 4.79 Å². The molecular formula is C14H20O3. The molecule has 3 heteroatoms. The fourth-order valence-electron chi connectivity index (χ4n) is 4.43. The van der Waals surface area contributed by atoms with E-state index in [1.54, 1.807) is 13.2 Å². The predicted octanol–water partition coefficient (Wildman–Crippen LogP) is 1.84. The van der Waals surface area contributed by atoms with Gasteiger partial charge in [-0.15, -0.1) is 0 Å². The number of fused-ring (bicyclic) bond motifs is 3. The summed E-state index contributed by atoms with van der Waals surface area (Å²) in [5.74, 6) is 0.313. The van der Waals surface area contributed by atoms with Crippen molar-refractivity contribution in [3.05, 3.63) is 11.6 Å². The average molecular weight is 236 g/mol. The molecule has 2 saturated carbocycles. The van der Waals surface area contributed by atoms with Crippen LogP contribution in [0.1, 0.15) is 39.0 Å². The summed E-state index contributed by atoms with van der Waals surface area (Å²) in [6, 6.07) is 0. The molecule has 3 rings (SSSR count). The van der Waals surface area contributed by atoms with E-state index >= 15 is 0 Å². The van der Waals surface area contributed by atoms with Crippen molar-refractivity contribution in [2.45, 2.75) is 50.7 Å². The third-order valence-electron chi connectivity index (χ3n) is 5.23. The Morgan fingerprint density at radius 2 is 2.24 bits per heavy atom. The molecule has 17 heavy (non-hydrogen) atoms. The maximum absolute atomic E-state index is 11.7. The number of aliphatic hydroxyl groups excluding tert-OH is 1. The van der Waals surface area contributed by atoms with Crippen LogP contribution in [0.2, 0.25) is 0 Å². The van der Waals surface area contributed by atoms with Gasteiger partial charge in [-0.2, -0.15) is 0 Å². The molecule has 0 unspecified atom stereocenters. The average Bonchev–Trinajstić information content (AvgIpc) is 2.72. The molecule has 0 aromatic rings. The molecule has 3 nitrogen and oxygen atoms in total. The number of ether oxygens (including phenoxy) is 1. The lowest BCUT2D eigenvalue weighted by Crippen LogP contribution is -2.42. The first kappa shape index (κ1) is 11.4. The Balaban J connectivity index is 2.14. The number of aliphatic hydroxyl groups is 1. The van der Waals surface area contributed by atoms with Crippen molar-refractivity contribution in [1.82, 2.24) is 0 Å². The van der Waals surface area contributed by atoms with Crippen molar-refractivity contribution in [3.8, 4) is 0 Å². The minimum Gasteiger partial charge on any atom is -0.392 e. The summed E-state index contributed by atoms with van der Waals surface area (Å²) in [5.41, 5.74) is 0.329. The first-order chi connectivity index (χ1) is 8.04. The van der Waals surface area contributed by atoms with Crippen molar-refractivity contribution < 1.29 is 14.6 Å². The van der Waals surface area contributed by atoms with Crippen LogP contribution in [0, 0.1) is 11.3 Å². The summed E-state index contributed by atoms with van der Waals surface area (Å²) in [4.78, 5) is 11.7. The summed E-state index contributed by atoms with van der Waals surface area (Å²) in [5, 5.41) is 10.6. The van der Waals surface area contributed by atoms with E-state index < -0.39 is 6.10 Å². The molecule has 3 aliphatic rings. The van der Waals surface area contributed by atoms with Crippen molar-refractivity contribution in [3.63, 3.8) is 0 Å². The lowest BCUT2D eigenvalue weighted by Gasteiger charge is -2.39. The number of ketones is 1. The van der Waals surface area contributed by atoms with Gasteiger partial charge in [-0.25, -0.2) is 0 Å². The summed E-state index contributed by atoms with van der Waals surface area (Å²) in [6.45, 7) is 2.02. The topological polar surface area (TPSA) is 46.5 Å². The van der Waals surface area contributed by atoms with Crippen LogP contribution in [-0.4, -0.2) is 29.7 Å². The van der Waals surface area contributed by atoms with Gasteiger partial charge in [-0.1, -0.05) is 19.8 Å². The highest BCUT2D eigenvalue weighted by Gasteiger charge is 2.65. The molecule has 0 radical (unpaired) electrons. The normalized spacial score (nSPS) is 48.9. The predicted molar refractivity (Wildman–Crippen MR) is 63.5 cm³/mol. The van der Waals surface area contributed by atoms with Gasteiger partial charge in [0.15, 0.2) is 5.78 Å². The number of methoxy groups -OCH3 is 1. The zero-order valence-corrected chi connectivity index (χ0v) is 10.5. The van der Waals surface area contributed by atoms with Crippen LogP contribution in [0.3, 0.4) is 0 Å². The smallest absolute Gasteiger partial charge is 0.156 e. The molecule has 3 aliphatic carbocycles. The molecule has 0 spiro atoms. The van der Waals surface area contributed by atoms with Gasteiger partial charge >= 0.3 is 0 Å². The molecule has 0 aliphatic heterocycles. The number of carbonyl (C=O) groups is 1. The van der Waals surface area contributed by atoms with Gasteiger partial charge in [0.1, 0.15) is 0 Å². The first-order valence-electron chi connectivity index (χ1n) is 6.53. The van der Waals surface area contributed by atoms with E-state index in [-0.39, 0.29) is 22.7 Å². The molecule has 0 aromatic heterocycles. The molecule has 4 atom stereocenters. The van der Waals surface area contributed by atoms with E-state index in [0.717, 1.165) is 31.3 Å². The van der Waals surface area contributed by atoms with E-state index in [1.165, 1.54) is 0 Å². The van der Waals surface area contributed by atoms with Crippen LogP contribution in [0.25, 0.3) is 0 Å². The largest absolute Gasteiger partial charge is 0.392 e. The standard InChI is InChI=1S/C14H20O3/c1-13-8-9(15)7-11(13)14(17-2)6-4-3-5-10(14)12(13)16/h7,10,12,16H,3-6,8H2,1-2H3/t10-,12-,13-,14+/m0/s1. The molecule has 1 N–H and O–H groups in total. The maximum Gasteiger partial charge on any atom is 0.156 e. The number of carbonyl (C=O) groups excluding carboxylic acids is 1. The van der Waals surface area contributed by atoms with Gasteiger partial charge in [0.05, 0.1) is 11.7 Å². The van der Waals surface area contributed by atoms with Crippen molar-refractivity contribution in [2.75, 3.05) is 7.11 Å². The second kappa shape index (κ2) is 3.42. The van der Waals surface area contributed by atoms with Crippen molar-refractivity contribution >= 4 is 5.78 Å². The van der Waals surface area contributed by atoms with Crippen LogP contribution >= 0.6 is 0 Å². The summed E-state index contributed by atoms with van der Waals surface area (Å²) in [6.07, 6.45) is 6.00. The highest BCUT2D eigenvalue weighted by Crippen LogP contribution is 2.62. The van der Waals surface area contributed by atoms with E-state index in [9.17, 15) is 9.90 Å². The van der Waals surface area contributed by atoms with Gasteiger partial charge in [-0.05, 0) is 24.5 Å². The van der Waals surface area contributed by atoms with Crippen LogP contribution in [0.15, 0.2) is 11.6 Å². The lowest BCUT2D eigenvalue weighted by atomic mass is 9.75. The van der Waals surface area contributed by atoms with Gasteiger partial charge in [0.2, 0.25) is 0 Å². The second-order valence-corrected chi connectivity index (χ2v) is 6.01. The zero-order valence-electron chi connectivity index (χ0n) is 10.5. The van der Waals surface area contributed by atoms with Crippen molar-refractivity contribution in [1.29, 1.82) is 0 Å². The number of hydrogen-bond acceptors (Lipinski definition) is 3. The minimum atomic E-state index is -0.430. The molecule has 0 saturated heterocycles. The Labute approximate surface area is 102 Å². The maximum atomic E-state index is 11.7. The fraction of sp³-hybridized carbons (Fsp3) is 0.786. The lowest BCUT2D eigenvalue weighted by molar-refractivity contribution is -0.117. The van der Waals surface area contributed by atoms with Gasteiger partial charge in [0.25, 0.3) is 0 Å². The number of rotatable bonds is 1. The highest BCUT2D eigenvalue weighted by atomic mass is 16.5. The van der Waals surface area contributed by atoms with Crippen LogP contribution in [-0.2, 0) is 9.53 Å². The minimum absolute atomic E-state index is 0.141. The quantitative estimate of drug-likeness (QED) is 0.755. The van der Waals surface area contributed by atoms with Crippen LogP contribution in [0.4, 0.5) is 0 Å². The Morgan fingerprint density at radius 3 is 2.94 bits per heavy atom. The SMILES string of the molecule is CO[C@]12CCCC[C@H]1[C@H](O)[C@@]1(C)CC(=O)C=C12. The molecule has 2 fully saturated rings. The molecule has 0 bridgehead atoms. The Morgan fingerprint density at radius 1 is 1.47 bits per heavy atom. The molecule has 0 aromatic carbocycles. The van der Waals surface area contributed by atoms with E-state index in [2.05, 4.69) is 0 Å². The van der Waals surface area contributed by atoms with Crippen LogP contribution in [0.5, 0.6) is 0 Å². The van der Waals surface area contributed by atoms with E-state index in [4.69, 9.17) is 4.74 Å². The van der Waals surface area contributed by atoms with E-state index in [1.807, 2.05) is 6.92 Å². The molecule has 94 valence electrons. The van der Waals surface area contributed by atoms with Gasteiger partial charge in [0, 0.05) is 24.9 Å². The third-order valence-corrected chi connectivity index (χ3v) is 5.23. The number of hydrogen-bond donors (Lipinski definition) is 1. The molecule has 0 heterocycles. The molecule has 0 amide bonds. The van der Waals surface area contributed by atoms with E-state index in [0.29, 0.717) is 6.42 Å².